The molecule has 0 unspecified atom stereocenters. The summed E-state index contributed by atoms with van der Waals surface area (Å²) in [6, 6.07) is 12.2. The van der Waals surface area contributed by atoms with Crippen LogP contribution in [0.25, 0.3) is 0 Å². The summed E-state index contributed by atoms with van der Waals surface area (Å²) < 4.78 is 4.51. The van der Waals surface area contributed by atoms with E-state index in [0.29, 0.717) is 21.4 Å². The Morgan fingerprint density at radius 1 is 1.22 bits per heavy atom. The Kier molecular flexibility index (Phi) is 6.26. The van der Waals surface area contributed by atoms with Crippen molar-refractivity contribution >= 4 is 35.5 Å². The topological polar surface area (TPSA) is 59.9 Å². The number of nitrogens with zero attached hydrogens (tertiary/aromatic N) is 1. The van der Waals surface area contributed by atoms with Crippen molar-refractivity contribution < 1.29 is 14.4 Å². The summed E-state index contributed by atoms with van der Waals surface area (Å²) in [6.45, 7) is 0.226. The molecule has 0 saturated carbocycles. The lowest BCUT2D eigenvalue weighted by Crippen LogP contribution is -2.22. The van der Waals surface area contributed by atoms with Gasteiger partial charge in [0, 0.05) is 16.6 Å². The van der Waals surface area contributed by atoms with Crippen LogP contribution in [0.15, 0.2) is 47.6 Å². The van der Waals surface area contributed by atoms with Gasteiger partial charge in [-0.3, -0.25) is 0 Å². The summed E-state index contributed by atoms with van der Waals surface area (Å²) in [5.74, 6) is 0.501. The van der Waals surface area contributed by atoms with Gasteiger partial charge in [0.2, 0.25) is 0 Å². The van der Waals surface area contributed by atoms with Crippen molar-refractivity contribution in [2.45, 2.75) is 6.54 Å². The molecule has 23 heavy (non-hydrogen) atoms. The van der Waals surface area contributed by atoms with Crippen molar-refractivity contribution in [3.63, 3.8) is 0 Å². The Morgan fingerprint density at radius 2 is 1.96 bits per heavy atom. The molecule has 0 spiro atoms. The van der Waals surface area contributed by atoms with Crippen LogP contribution in [0.3, 0.4) is 0 Å². The number of methoxy groups -OCH3 is 1. The molecule has 0 bridgehead atoms. The van der Waals surface area contributed by atoms with E-state index < -0.39 is 6.09 Å². The minimum absolute atomic E-state index is 0.226. The lowest BCUT2D eigenvalue weighted by Gasteiger charge is -2.07. The molecule has 0 aliphatic carbocycles. The Bertz CT molecular complexity index is 703. The minimum Gasteiger partial charge on any atom is -0.453 e. The second kappa shape index (κ2) is 8.41. The minimum atomic E-state index is -0.534. The molecule has 2 aromatic rings. The number of hydrogen-bond acceptors (Lipinski definition) is 4. The van der Waals surface area contributed by atoms with Crippen LogP contribution < -0.4 is 10.2 Å². The molecule has 2 rings (SSSR count). The van der Waals surface area contributed by atoms with Gasteiger partial charge in [0.05, 0.1) is 13.3 Å². The number of benzene rings is 2. The van der Waals surface area contributed by atoms with Crippen molar-refractivity contribution in [2.24, 2.45) is 5.16 Å². The maximum absolute atomic E-state index is 11.1. The number of carbonyl (C=O) groups excluding carboxylic acids is 1. The first-order valence-corrected chi connectivity index (χ1v) is 7.40. The number of hydrogen-bond donors (Lipinski definition) is 1. The summed E-state index contributed by atoms with van der Waals surface area (Å²) in [6.07, 6.45) is 1.03. The third kappa shape index (κ3) is 5.47. The van der Waals surface area contributed by atoms with Gasteiger partial charge in [0.15, 0.2) is 5.75 Å². The van der Waals surface area contributed by atoms with Gasteiger partial charge in [-0.05, 0) is 41.5 Å². The molecule has 0 atom stereocenters. The number of ether oxygens (including phenoxy) is 1. The average molecular weight is 353 g/mol. The fourth-order valence-corrected chi connectivity index (χ4v) is 1.99. The van der Waals surface area contributed by atoms with Crippen LogP contribution >= 0.6 is 23.2 Å². The van der Waals surface area contributed by atoms with E-state index in [1.54, 1.807) is 36.5 Å². The van der Waals surface area contributed by atoms with Crippen LogP contribution in [0.4, 0.5) is 4.79 Å². The lowest BCUT2D eigenvalue weighted by molar-refractivity contribution is 0.170. The molecule has 0 saturated heterocycles. The summed E-state index contributed by atoms with van der Waals surface area (Å²) in [4.78, 5) is 16.4. The zero-order valence-electron chi connectivity index (χ0n) is 12.3. The number of oxime groups is 1. The van der Waals surface area contributed by atoms with E-state index in [1.807, 2.05) is 12.1 Å². The zero-order chi connectivity index (χ0) is 16.7. The fourth-order valence-electron chi connectivity index (χ4n) is 1.68. The quantitative estimate of drug-likeness (QED) is 0.645. The number of alkyl carbamates (subject to hydrolysis) is 1. The Morgan fingerprint density at radius 3 is 2.65 bits per heavy atom. The molecule has 7 heteroatoms. The highest BCUT2D eigenvalue weighted by molar-refractivity contribution is 6.31. The first kappa shape index (κ1) is 17.1. The fraction of sp³-hybridized carbons (Fsp3) is 0.125. The molecule has 0 aromatic heterocycles. The molecule has 0 aliphatic heterocycles. The number of carbonyl (C=O) groups is 1. The van der Waals surface area contributed by atoms with Crippen LogP contribution in [0.1, 0.15) is 11.1 Å². The molecule has 0 radical (unpaired) electrons. The SMILES string of the molecule is COC(=O)NCc1cc(O/N=C/c2ccc(Cl)cc2)ccc1Cl. The van der Waals surface area contributed by atoms with E-state index in [0.717, 1.165) is 5.56 Å². The lowest BCUT2D eigenvalue weighted by atomic mass is 10.2. The largest absolute Gasteiger partial charge is 0.453 e. The van der Waals surface area contributed by atoms with Gasteiger partial charge in [0.25, 0.3) is 0 Å². The van der Waals surface area contributed by atoms with Gasteiger partial charge in [-0.25, -0.2) is 4.79 Å². The van der Waals surface area contributed by atoms with E-state index in [9.17, 15) is 4.79 Å². The van der Waals surface area contributed by atoms with Crippen LogP contribution in [0.2, 0.25) is 10.0 Å². The molecular formula is C16H14Cl2N2O3. The van der Waals surface area contributed by atoms with Crippen molar-refractivity contribution in [2.75, 3.05) is 7.11 Å². The summed E-state index contributed by atoms with van der Waals surface area (Å²) in [7, 11) is 1.29. The van der Waals surface area contributed by atoms with Gasteiger partial charge in [0.1, 0.15) is 0 Å². The van der Waals surface area contributed by atoms with Crippen LogP contribution in [0, 0.1) is 0 Å². The highest BCUT2D eigenvalue weighted by Gasteiger charge is 2.05. The number of rotatable bonds is 5. The Labute approximate surface area is 143 Å². The van der Waals surface area contributed by atoms with E-state index in [-0.39, 0.29) is 6.54 Å². The molecule has 120 valence electrons. The molecule has 1 amide bonds. The molecule has 5 nitrogen and oxygen atoms in total. The molecule has 1 N–H and O–H groups in total. The number of amides is 1. The second-order valence-electron chi connectivity index (χ2n) is 4.48. The summed E-state index contributed by atoms with van der Waals surface area (Å²) in [5, 5.41) is 7.62. The Hall–Kier alpha value is -2.24. The maximum Gasteiger partial charge on any atom is 0.407 e. The van der Waals surface area contributed by atoms with Gasteiger partial charge < -0.3 is 14.9 Å². The molecule has 2 aromatic carbocycles. The maximum atomic E-state index is 11.1. The van der Waals surface area contributed by atoms with Crippen LogP contribution in [-0.2, 0) is 11.3 Å². The van der Waals surface area contributed by atoms with E-state index in [2.05, 4.69) is 15.2 Å². The van der Waals surface area contributed by atoms with Gasteiger partial charge in [-0.2, -0.15) is 0 Å². The van der Waals surface area contributed by atoms with Crippen molar-refractivity contribution in [1.29, 1.82) is 0 Å². The Balaban J connectivity index is 1.99. The van der Waals surface area contributed by atoms with E-state index >= 15 is 0 Å². The molecule has 0 fully saturated rings. The average Bonchev–Trinajstić information content (AvgIpc) is 2.56. The van der Waals surface area contributed by atoms with Gasteiger partial charge >= 0.3 is 6.09 Å². The second-order valence-corrected chi connectivity index (χ2v) is 5.32. The molecule has 0 aliphatic rings. The van der Waals surface area contributed by atoms with Crippen molar-refractivity contribution in [1.82, 2.24) is 5.32 Å². The number of nitrogens with one attached hydrogen (secondary N) is 1. The van der Waals surface area contributed by atoms with Crippen molar-refractivity contribution in [3.05, 3.63) is 63.6 Å². The van der Waals surface area contributed by atoms with Crippen LogP contribution in [0.5, 0.6) is 5.75 Å². The highest BCUT2D eigenvalue weighted by atomic mass is 35.5. The standard InChI is InChI=1S/C16H14Cl2N2O3/c1-22-16(21)19-10-12-8-14(6-7-15(12)18)23-20-9-11-2-4-13(17)5-3-11/h2-9H,10H2,1H3,(H,19,21)/b20-9+. The summed E-state index contributed by atoms with van der Waals surface area (Å²) in [5.41, 5.74) is 1.55. The predicted molar refractivity (Wildman–Crippen MR) is 90.4 cm³/mol. The smallest absolute Gasteiger partial charge is 0.407 e. The van der Waals surface area contributed by atoms with Crippen LogP contribution in [-0.4, -0.2) is 19.4 Å². The van der Waals surface area contributed by atoms with Gasteiger partial charge in [-0.15, -0.1) is 0 Å². The molecular weight excluding hydrogens is 339 g/mol. The predicted octanol–water partition coefficient (Wildman–Crippen LogP) is 4.26. The zero-order valence-corrected chi connectivity index (χ0v) is 13.8. The third-order valence-corrected chi connectivity index (χ3v) is 3.48. The molecule has 0 heterocycles. The normalized spacial score (nSPS) is 10.6. The first-order chi connectivity index (χ1) is 11.1. The van der Waals surface area contributed by atoms with Gasteiger partial charge in [-0.1, -0.05) is 40.5 Å². The number of halogens is 2. The van der Waals surface area contributed by atoms with E-state index in [1.165, 1.54) is 7.11 Å². The van der Waals surface area contributed by atoms with E-state index in [4.69, 9.17) is 28.0 Å². The van der Waals surface area contributed by atoms with Crippen molar-refractivity contribution in [3.8, 4) is 5.75 Å². The monoisotopic (exact) mass is 352 g/mol. The third-order valence-electron chi connectivity index (χ3n) is 2.86. The first-order valence-electron chi connectivity index (χ1n) is 6.64. The highest BCUT2D eigenvalue weighted by Crippen LogP contribution is 2.22. The summed E-state index contributed by atoms with van der Waals surface area (Å²) >= 11 is 11.9.